The molecule has 3 nitrogen and oxygen atoms in total. The van der Waals surface area contributed by atoms with Crippen LogP contribution in [0, 0.1) is 17.8 Å². The lowest BCUT2D eigenvalue weighted by Gasteiger charge is -2.26. The summed E-state index contributed by atoms with van der Waals surface area (Å²) in [5, 5.41) is 3.07. The lowest BCUT2D eigenvalue weighted by molar-refractivity contribution is -0.126. The van der Waals surface area contributed by atoms with Gasteiger partial charge in [-0.3, -0.25) is 4.79 Å². The standard InChI is InChI=1S/C13H26N2O/c1-9(2)10(3)8-15-13(16)11-4-6-12(14)7-5-11/h9-12H,4-8,14H2,1-3H3,(H,15,16). The molecule has 1 amide bonds. The van der Waals surface area contributed by atoms with Crippen LogP contribution in [0.4, 0.5) is 0 Å². The Morgan fingerprint density at radius 3 is 2.31 bits per heavy atom. The van der Waals surface area contributed by atoms with Gasteiger partial charge in [0.05, 0.1) is 0 Å². The van der Waals surface area contributed by atoms with Crippen LogP contribution in [0.2, 0.25) is 0 Å². The molecule has 1 rings (SSSR count). The Labute approximate surface area is 99.2 Å². The summed E-state index contributed by atoms with van der Waals surface area (Å²) in [5.41, 5.74) is 5.83. The van der Waals surface area contributed by atoms with Gasteiger partial charge in [0.15, 0.2) is 0 Å². The van der Waals surface area contributed by atoms with E-state index in [0.29, 0.717) is 17.9 Å². The zero-order valence-electron chi connectivity index (χ0n) is 10.8. The summed E-state index contributed by atoms with van der Waals surface area (Å²) in [6, 6.07) is 0.318. The highest BCUT2D eigenvalue weighted by atomic mass is 16.1. The Morgan fingerprint density at radius 2 is 1.81 bits per heavy atom. The molecule has 0 aromatic carbocycles. The first-order valence-electron chi connectivity index (χ1n) is 6.54. The predicted octanol–water partition coefficient (Wildman–Crippen LogP) is 1.91. The molecule has 0 aliphatic heterocycles. The average Bonchev–Trinajstić information content (AvgIpc) is 2.26. The Hall–Kier alpha value is -0.570. The first kappa shape index (κ1) is 13.5. The lowest BCUT2D eigenvalue weighted by Crippen LogP contribution is -2.38. The topological polar surface area (TPSA) is 55.1 Å². The third-order valence-corrected chi connectivity index (χ3v) is 3.88. The second kappa shape index (κ2) is 6.24. The second-order valence-corrected chi connectivity index (χ2v) is 5.58. The van der Waals surface area contributed by atoms with E-state index in [1.165, 1.54) is 0 Å². The van der Waals surface area contributed by atoms with E-state index in [4.69, 9.17) is 5.73 Å². The van der Waals surface area contributed by atoms with E-state index in [-0.39, 0.29) is 11.8 Å². The molecule has 1 aliphatic rings. The Balaban J connectivity index is 2.25. The summed E-state index contributed by atoms with van der Waals surface area (Å²) in [7, 11) is 0. The predicted molar refractivity (Wildman–Crippen MR) is 66.9 cm³/mol. The maximum absolute atomic E-state index is 11.9. The van der Waals surface area contributed by atoms with Crippen LogP contribution < -0.4 is 11.1 Å². The van der Waals surface area contributed by atoms with E-state index in [0.717, 1.165) is 32.2 Å². The van der Waals surface area contributed by atoms with Gasteiger partial charge in [-0.1, -0.05) is 20.8 Å². The van der Waals surface area contributed by atoms with Gasteiger partial charge in [-0.2, -0.15) is 0 Å². The van der Waals surface area contributed by atoms with Crippen LogP contribution >= 0.6 is 0 Å². The van der Waals surface area contributed by atoms with Crippen LogP contribution in [0.25, 0.3) is 0 Å². The number of carbonyl (C=O) groups excluding carboxylic acids is 1. The van der Waals surface area contributed by atoms with E-state index < -0.39 is 0 Å². The molecule has 0 heterocycles. The van der Waals surface area contributed by atoms with Gasteiger partial charge in [0.1, 0.15) is 0 Å². The molecule has 94 valence electrons. The molecule has 1 fully saturated rings. The van der Waals surface area contributed by atoms with Gasteiger partial charge in [-0.15, -0.1) is 0 Å². The monoisotopic (exact) mass is 226 g/mol. The van der Waals surface area contributed by atoms with Crippen LogP contribution in [0.3, 0.4) is 0 Å². The number of hydrogen-bond acceptors (Lipinski definition) is 2. The van der Waals surface area contributed by atoms with Crippen molar-refractivity contribution in [3.63, 3.8) is 0 Å². The molecule has 3 N–H and O–H groups in total. The highest BCUT2D eigenvalue weighted by Gasteiger charge is 2.24. The average molecular weight is 226 g/mol. The molecule has 0 radical (unpaired) electrons. The minimum Gasteiger partial charge on any atom is -0.356 e. The normalized spacial score (nSPS) is 27.8. The highest BCUT2D eigenvalue weighted by molar-refractivity contribution is 5.78. The molecule has 1 atom stereocenters. The highest BCUT2D eigenvalue weighted by Crippen LogP contribution is 2.23. The van der Waals surface area contributed by atoms with Crippen molar-refractivity contribution < 1.29 is 4.79 Å². The van der Waals surface area contributed by atoms with Crippen LogP contribution in [-0.2, 0) is 4.79 Å². The molecular weight excluding hydrogens is 200 g/mol. The number of nitrogens with one attached hydrogen (secondary N) is 1. The third kappa shape index (κ3) is 4.12. The molecule has 1 aliphatic carbocycles. The zero-order chi connectivity index (χ0) is 12.1. The van der Waals surface area contributed by atoms with Crippen molar-refractivity contribution in [1.82, 2.24) is 5.32 Å². The van der Waals surface area contributed by atoms with Crippen molar-refractivity contribution in [3.8, 4) is 0 Å². The van der Waals surface area contributed by atoms with Crippen LogP contribution in [0.1, 0.15) is 46.5 Å². The van der Waals surface area contributed by atoms with Gasteiger partial charge >= 0.3 is 0 Å². The Bertz CT molecular complexity index is 220. The SMILES string of the molecule is CC(C)C(C)CNC(=O)C1CCC(N)CC1. The maximum atomic E-state index is 11.9. The maximum Gasteiger partial charge on any atom is 0.223 e. The van der Waals surface area contributed by atoms with E-state index in [1.807, 2.05) is 0 Å². The van der Waals surface area contributed by atoms with Gasteiger partial charge in [0, 0.05) is 18.5 Å². The fourth-order valence-electron chi connectivity index (χ4n) is 2.02. The molecule has 16 heavy (non-hydrogen) atoms. The fraction of sp³-hybridized carbons (Fsp3) is 0.923. The number of carbonyl (C=O) groups is 1. The summed E-state index contributed by atoms with van der Waals surface area (Å²) in [4.78, 5) is 11.9. The second-order valence-electron chi connectivity index (χ2n) is 5.58. The number of amides is 1. The molecule has 0 spiro atoms. The van der Waals surface area contributed by atoms with Gasteiger partial charge in [-0.05, 0) is 37.5 Å². The van der Waals surface area contributed by atoms with Crippen molar-refractivity contribution in [2.24, 2.45) is 23.5 Å². The van der Waals surface area contributed by atoms with Crippen LogP contribution in [0.5, 0.6) is 0 Å². The minimum absolute atomic E-state index is 0.208. The van der Waals surface area contributed by atoms with Crippen molar-refractivity contribution in [2.45, 2.75) is 52.5 Å². The number of nitrogens with two attached hydrogens (primary N) is 1. The smallest absolute Gasteiger partial charge is 0.223 e. The summed E-state index contributed by atoms with van der Waals surface area (Å²) in [6.07, 6.45) is 3.92. The summed E-state index contributed by atoms with van der Waals surface area (Å²) in [6.45, 7) is 7.37. The molecule has 3 heteroatoms. The first-order valence-corrected chi connectivity index (χ1v) is 6.54. The van der Waals surface area contributed by atoms with Crippen molar-refractivity contribution in [1.29, 1.82) is 0 Å². The number of rotatable bonds is 4. The quantitative estimate of drug-likeness (QED) is 0.769. The lowest BCUT2D eigenvalue weighted by atomic mass is 9.86. The molecule has 1 saturated carbocycles. The van der Waals surface area contributed by atoms with E-state index in [2.05, 4.69) is 26.1 Å². The van der Waals surface area contributed by atoms with Crippen LogP contribution in [0.15, 0.2) is 0 Å². The van der Waals surface area contributed by atoms with Gasteiger partial charge in [-0.25, -0.2) is 0 Å². The summed E-state index contributed by atoms with van der Waals surface area (Å²) in [5.74, 6) is 1.62. The first-order chi connectivity index (χ1) is 7.50. The van der Waals surface area contributed by atoms with E-state index in [1.54, 1.807) is 0 Å². The summed E-state index contributed by atoms with van der Waals surface area (Å²) < 4.78 is 0. The zero-order valence-corrected chi connectivity index (χ0v) is 10.8. The van der Waals surface area contributed by atoms with Crippen molar-refractivity contribution >= 4 is 5.91 Å². The Kier molecular flexibility index (Phi) is 5.26. The van der Waals surface area contributed by atoms with E-state index >= 15 is 0 Å². The fourth-order valence-corrected chi connectivity index (χ4v) is 2.02. The molecule has 0 bridgehead atoms. The molecule has 0 aromatic rings. The summed E-state index contributed by atoms with van der Waals surface area (Å²) >= 11 is 0. The molecular formula is C13H26N2O. The largest absolute Gasteiger partial charge is 0.356 e. The molecule has 1 unspecified atom stereocenters. The molecule has 0 saturated heterocycles. The van der Waals surface area contributed by atoms with Crippen LogP contribution in [-0.4, -0.2) is 18.5 Å². The van der Waals surface area contributed by atoms with Gasteiger partial charge in [0.2, 0.25) is 5.91 Å². The van der Waals surface area contributed by atoms with Gasteiger partial charge < -0.3 is 11.1 Å². The third-order valence-electron chi connectivity index (χ3n) is 3.88. The van der Waals surface area contributed by atoms with Gasteiger partial charge in [0.25, 0.3) is 0 Å². The van der Waals surface area contributed by atoms with Crippen molar-refractivity contribution in [3.05, 3.63) is 0 Å². The number of hydrogen-bond donors (Lipinski definition) is 2. The minimum atomic E-state index is 0.208. The van der Waals surface area contributed by atoms with Crippen molar-refractivity contribution in [2.75, 3.05) is 6.54 Å². The molecule has 0 aromatic heterocycles. The Morgan fingerprint density at radius 1 is 1.25 bits per heavy atom. The van der Waals surface area contributed by atoms with E-state index in [9.17, 15) is 4.79 Å².